The zero-order chi connectivity index (χ0) is 18.8. The van der Waals surface area contributed by atoms with Crippen molar-refractivity contribution in [1.82, 2.24) is 0 Å². The molecule has 0 aromatic heterocycles. The number of carbonyl (C=O) groups excluding carboxylic acids is 1. The standard InChI is InChI=1S/C21H22F2O3/c1-26-19(25)18(24)20(16-12-6-3-7-13-16)17(21(20,22)23)14-8-11-15-9-4-2-5-10-15/h2-7,9-10,12-13,17-18,24H,8,11,14H2,1H3/t17-,18+,20+/m0/s1. The lowest BCUT2D eigenvalue weighted by Gasteiger charge is -2.22. The van der Waals surface area contributed by atoms with Crippen LogP contribution >= 0.6 is 0 Å². The van der Waals surface area contributed by atoms with Gasteiger partial charge in [-0.25, -0.2) is 13.6 Å². The molecule has 2 aromatic rings. The van der Waals surface area contributed by atoms with E-state index < -0.39 is 29.3 Å². The van der Waals surface area contributed by atoms with Crippen LogP contribution in [0.15, 0.2) is 60.7 Å². The molecule has 0 saturated heterocycles. The summed E-state index contributed by atoms with van der Waals surface area (Å²) >= 11 is 0. The number of methoxy groups -OCH3 is 1. The first kappa shape index (κ1) is 18.5. The lowest BCUT2D eigenvalue weighted by atomic mass is 9.85. The molecule has 1 aliphatic rings. The fraction of sp³-hybridized carbons (Fsp3) is 0.381. The lowest BCUT2D eigenvalue weighted by molar-refractivity contribution is -0.154. The molecule has 0 radical (unpaired) electrons. The second kappa shape index (κ2) is 7.16. The maximum atomic E-state index is 14.9. The smallest absolute Gasteiger partial charge is 0.335 e. The van der Waals surface area contributed by atoms with Crippen LogP contribution in [0.1, 0.15) is 24.0 Å². The molecule has 2 aromatic carbocycles. The molecule has 1 saturated carbocycles. The van der Waals surface area contributed by atoms with Gasteiger partial charge in [0.2, 0.25) is 0 Å². The van der Waals surface area contributed by atoms with Crippen molar-refractivity contribution >= 4 is 5.97 Å². The summed E-state index contributed by atoms with van der Waals surface area (Å²) in [6.45, 7) is 0. The van der Waals surface area contributed by atoms with E-state index in [1.807, 2.05) is 30.3 Å². The number of ether oxygens (including phenoxy) is 1. The van der Waals surface area contributed by atoms with Crippen molar-refractivity contribution in [1.29, 1.82) is 0 Å². The van der Waals surface area contributed by atoms with Gasteiger partial charge in [0.1, 0.15) is 5.41 Å². The van der Waals surface area contributed by atoms with Crippen LogP contribution in [0.4, 0.5) is 8.78 Å². The van der Waals surface area contributed by atoms with E-state index in [0.29, 0.717) is 12.8 Å². The van der Waals surface area contributed by atoms with E-state index in [-0.39, 0.29) is 12.0 Å². The Hall–Kier alpha value is -2.27. The van der Waals surface area contributed by atoms with E-state index in [0.717, 1.165) is 12.7 Å². The minimum Gasteiger partial charge on any atom is -0.467 e. The van der Waals surface area contributed by atoms with Crippen LogP contribution in [-0.2, 0) is 21.4 Å². The molecule has 1 fully saturated rings. The monoisotopic (exact) mass is 360 g/mol. The fourth-order valence-corrected chi connectivity index (χ4v) is 4.00. The highest BCUT2D eigenvalue weighted by atomic mass is 19.3. The number of aliphatic hydroxyl groups is 1. The highest BCUT2D eigenvalue weighted by Gasteiger charge is 2.84. The van der Waals surface area contributed by atoms with Crippen LogP contribution in [0.5, 0.6) is 0 Å². The summed E-state index contributed by atoms with van der Waals surface area (Å²) in [5.74, 6) is -5.30. The maximum absolute atomic E-state index is 14.9. The molecule has 26 heavy (non-hydrogen) atoms. The number of alkyl halides is 2. The molecule has 3 rings (SSSR count). The predicted octanol–water partition coefficient (Wildman–Crippen LogP) is 3.75. The largest absolute Gasteiger partial charge is 0.467 e. The number of carbonyl (C=O) groups is 1. The molecule has 0 amide bonds. The normalized spacial score (nSPS) is 24.7. The van der Waals surface area contributed by atoms with Crippen LogP contribution in [0.2, 0.25) is 0 Å². The van der Waals surface area contributed by atoms with Gasteiger partial charge in [-0.2, -0.15) is 0 Å². The Kier molecular flexibility index (Phi) is 5.10. The first-order valence-electron chi connectivity index (χ1n) is 8.69. The summed E-state index contributed by atoms with van der Waals surface area (Å²) in [6.07, 6.45) is -0.462. The first-order chi connectivity index (χ1) is 12.5. The highest BCUT2D eigenvalue weighted by Crippen LogP contribution is 2.70. The zero-order valence-electron chi connectivity index (χ0n) is 14.6. The molecule has 0 aliphatic heterocycles. The first-order valence-corrected chi connectivity index (χ1v) is 8.69. The Balaban J connectivity index is 1.83. The van der Waals surface area contributed by atoms with Gasteiger partial charge in [0, 0.05) is 5.92 Å². The van der Waals surface area contributed by atoms with Crippen molar-refractivity contribution in [3.63, 3.8) is 0 Å². The third-order valence-corrected chi connectivity index (χ3v) is 5.36. The quantitative estimate of drug-likeness (QED) is 0.765. The van der Waals surface area contributed by atoms with E-state index in [9.17, 15) is 18.7 Å². The van der Waals surface area contributed by atoms with E-state index >= 15 is 0 Å². The molecule has 5 heteroatoms. The van der Waals surface area contributed by atoms with Gasteiger partial charge in [0.05, 0.1) is 7.11 Å². The Morgan fingerprint density at radius 1 is 1.12 bits per heavy atom. The molecular formula is C21H22F2O3. The van der Waals surface area contributed by atoms with Gasteiger partial charge in [-0.05, 0) is 30.4 Å². The molecule has 1 aliphatic carbocycles. The van der Waals surface area contributed by atoms with Gasteiger partial charge >= 0.3 is 5.97 Å². The van der Waals surface area contributed by atoms with Gasteiger partial charge in [-0.3, -0.25) is 0 Å². The summed E-state index contributed by atoms with van der Waals surface area (Å²) < 4.78 is 34.4. The van der Waals surface area contributed by atoms with Gasteiger partial charge < -0.3 is 9.84 Å². The van der Waals surface area contributed by atoms with Crippen molar-refractivity contribution in [3.05, 3.63) is 71.8 Å². The Morgan fingerprint density at radius 3 is 2.27 bits per heavy atom. The maximum Gasteiger partial charge on any atom is 0.335 e. The van der Waals surface area contributed by atoms with Crippen LogP contribution < -0.4 is 0 Å². The van der Waals surface area contributed by atoms with E-state index in [4.69, 9.17) is 0 Å². The second-order valence-electron chi connectivity index (χ2n) is 6.71. The summed E-state index contributed by atoms with van der Waals surface area (Å²) in [7, 11) is 1.09. The SMILES string of the molecule is COC(=O)[C@@H](O)[C@@]1(c2ccccc2)[C@H](CCCc2ccccc2)C1(F)F. The summed E-state index contributed by atoms with van der Waals surface area (Å²) in [4.78, 5) is 11.9. The minimum absolute atomic E-state index is 0.213. The van der Waals surface area contributed by atoms with E-state index in [1.165, 1.54) is 12.1 Å². The number of halogens is 2. The van der Waals surface area contributed by atoms with E-state index in [2.05, 4.69) is 4.74 Å². The number of esters is 1. The molecule has 0 spiro atoms. The predicted molar refractivity (Wildman–Crippen MR) is 94.0 cm³/mol. The number of aliphatic hydroxyl groups excluding tert-OH is 1. The van der Waals surface area contributed by atoms with Crippen LogP contribution in [0.25, 0.3) is 0 Å². The van der Waals surface area contributed by atoms with Crippen molar-refractivity contribution in [2.45, 2.75) is 36.7 Å². The summed E-state index contributed by atoms with van der Waals surface area (Å²) in [5.41, 5.74) is -0.569. The number of benzene rings is 2. The average molecular weight is 360 g/mol. The van der Waals surface area contributed by atoms with Gasteiger partial charge in [-0.15, -0.1) is 0 Å². The van der Waals surface area contributed by atoms with Crippen molar-refractivity contribution in [2.24, 2.45) is 5.92 Å². The molecule has 0 bridgehead atoms. The van der Waals surface area contributed by atoms with Crippen LogP contribution in [-0.4, -0.2) is 30.2 Å². The van der Waals surface area contributed by atoms with Crippen LogP contribution in [0.3, 0.4) is 0 Å². The molecular weight excluding hydrogens is 338 g/mol. The van der Waals surface area contributed by atoms with Crippen molar-refractivity contribution < 1.29 is 23.4 Å². The molecule has 3 nitrogen and oxygen atoms in total. The lowest BCUT2D eigenvalue weighted by Crippen LogP contribution is -2.39. The number of rotatable bonds is 7. The Labute approximate surface area is 151 Å². The molecule has 0 heterocycles. The molecule has 1 N–H and O–H groups in total. The number of hydrogen-bond acceptors (Lipinski definition) is 3. The molecule has 138 valence electrons. The topological polar surface area (TPSA) is 46.5 Å². The fourth-order valence-electron chi connectivity index (χ4n) is 4.00. The molecule has 0 unspecified atom stereocenters. The zero-order valence-corrected chi connectivity index (χ0v) is 14.6. The van der Waals surface area contributed by atoms with Gasteiger partial charge in [0.15, 0.2) is 6.10 Å². The third-order valence-electron chi connectivity index (χ3n) is 5.36. The van der Waals surface area contributed by atoms with Gasteiger partial charge in [0.25, 0.3) is 5.92 Å². The number of hydrogen-bond donors (Lipinski definition) is 1. The third kappa shape index (κ3) is 2.90. The highest BCUT2D eigenvalue weighted by molar-refractivity contribution is 5.79. The van der Waals surface area contributed by atoms with Crippen LogP contribution in [0, 0.1) is 5.92 Å². The minimum atomic E-state index is -3.17. The number of aryl methyl sites for hydroxylation is 1. The molecule has 3 atom stereocenters. The Morgan fingerprint density at radius 2 is 1.69 bits per heavy atom. The van der Waals surface area contributed by atoms with Crippen molar-refractivity contribution in [3.8, 4) is 0 Å². The average Bonchev–Trinajstić information content (AvgIpc) is 3.17. The van der Waals surface area contributed by atoms with E-state index in [1.54, 1.807) is 18.2 Å². The van der Waals surface area contributed by atoms with Gasteiger partial charge in [-0.1, -0.05) is 60.7 Å². The second-order valence-corrected chi connectivity index (χ2v) is 6.71. The van der Waals surface area contributed by atoms with Crippen molar-refractivity contribution in [2.75, 3.05) is 7.11 Å². The summed E-state index contributed by atoms with van der Waals surface area (Å²) in [6, 6.07) is 17.7. The Bertz CT molecular complexity index is 748. The summed E-state index contributed by atoms with van der Waals surface area (Å²) in [5, 5.41) is 10.4.